The summed E-state index contributed by atoms with van der Waals surface area (Å²) < 4.78 is 18.9. The SMILES string of the molecule is O=C(Nc1ccc(Oc2ccc(F)cc2)cc1)C1CC(CCCc2ccccc2)CN1C(=O)Cn1nccn1. The average molecular weight is 528 g/mol. The van der Waals surface area contributed by atoms with Gasteiger partial charge in [-0.05, 0) is 85.7 Å². The third-order valence-electron chi connectivity index (χ3n) is 6.85. The van der Waals surface area contributed by atoms with Gasteiger partial charge in [-0.15, -0.1) is 0 Å². The second-order valence-electron chi connectivity index (χ2n) is 9.67. The molecule has 1 saturated heterocycles. The van der Waals surface area contributed by atoms with E-state index in [0.29, 0.717) is 30.2 Å². The molecule has 0 spiro atoms. The van der Waals surface area contributed by atoms with Crippen molar-refractivity contribution >= 4 is 17.5 Å². The first-order valence-corrected chi connectivity index (χ1v) is 13.1. The molecule has 0 bridgehead atoms. The van der Waals surface area contributed by atoms with E-state index in [-0.39, 0.29) is 30.1 Å². The second-order valence-corrected chi connectivity index (χ2v) is 9.67. The number of nitrogens with one attached hydrogen (secondary N) is 1. The minimum absolute atomic E-state index is 0.0110. The molecule has 8 nitrogen and oxygen atoms in total. The Hall–Kier alpha value is -4.53. The van der Waals surface area contributed by atoms with Crippen LogP contribution in [-0.2, 0) is 22.6 Å². The number of hydrogen-bond acceptors (Lipinski definition) is 5. The first-order chi connectivity index (χ1) is 19.0. The Labute approximate surface area is 226 Å². The largest absolute Gasteiger partial charge is 0.457 e. The molecule has 9 heteroatoms. The minimum Gasteiger partial charge on any atom is -0.457 e. The van der Waals surface area contributed by atoms with E-state index in [1.54, 1.807) is 41.3 Å². The predicted octanol–water partition coefficient (Wildman–Crippen LogP) is 5.09. The lowest BCUT2D eigenvalue weighted by Gasteiger charge is -2.23. The fourth-order valence-corrected chi connectivity index (χ4v) is 4.90. The summed E-state index contributed by atoms with van der Waals surface area (Å²) in [6.45, 7) is 0.514. The van der Waals surface area contributed by atoms with Gasteiger partial charge in [0.1, 0.15) is 29.9 Å². The van der Waals surface area contributed by atoms with Crippen LogP contribution in [-0.4, -0.2) is 44.3 Å². The third-order valence-corrected chi connectivity index (χ3v) is 6.85. The van der Waals surface area contributed by atoms with Gasteiger partial charge >= 0.3 is 0 Å². The molecule has 5 rings (SSSR count). The van der Waals surface area contributed by atoms with Gasteiger partial charge in [-0.1, -0.05) is 30.3 Å². The number of ether oxygens (including phenoxy) is 1. The van der Waals surface area contributed by atoms with Crippen LogP contribution in [0, 0.1) is 11.7 Å². The summed E-state index contributed by atoms with van der Waals surface area (Å²) in [6, 6.07) is 22.4. The summed E-state index contributed by atoms with van der Waals surface area (Å²) in [7, 11) is 0. The van der Waals surface area contributed by atoms with E-state index >= 15 is 0 Å². The number of aromatic nitrogens is 3. The molecule has 2 amide bonds. The van der Waals surface area contributed by atoms with Gasteiger partial charge in [-0.2, -0.15) is 15.0 Å². The monoisotopic (exact) mass is 527 g/mol. The quantitative estimate of drug-likeness (QED) is 0.310. The number of halogens is 1. The van der Waals surface area contributed by atoms with Crippen LogP contribution in [0.4, 0.5) is 10.1 Å². The Morgan fingerprint density at radius 1 is 0.923 bits per heavy atom. The van der Waals surface area contributed by atoms with Crippen LogP contribution in [0.5, 0.6) is 11.5 Å². The lowest BCUT2D eigenvalue weighted by Crippen LogP contribution is -2.44. The van der Waals surface area contributed by atoms with Crippen molar-refractivity contribution in [3.8, 4) is 11.5 Å². The van der Waals surface area contributed by atoms with E-state index in [4.69, 9.17) is 4.74 Å². The molecule has 1 fully saturated rings. The molecule has 0 saturated carbocycles. The Morgan fingerprint density at radius 2 is 1.59 bits per heavy atom. The number of hydrogen-bond donors (Lipinski definition) is 1. The topological polar surface area (TPSA) is 89.4 Å². The van der Waals surface area contributed by atoms with Crippen LogP contribution < -0.4 is 10.1 Å². The van der Waals surface area contributed by atoms with Crippen molar-refractivity contribution in [3.63, 3.8) is 0 Å². The fraction of sp³-hybridized carbons (Fsp3) is 0.267. The Kier molecular flexibility index (Phi) is 8.26. The number of benzene rings is 3. The van der Waals surface area contributed by atoms with Gasteiger partial charge in [0.15, 0.2) is 0 Å². The molecular weight excluding hydrogens is 497 g/mol. The zero-order valence-electron chi connectivity index (χ0n) is 21.4. The Morgan fingerprint density at radius 3 is 2.28 bits per heavy atom. The van der Waals surface area contributed by atoms with E-state index in [0.717, 1.165) is 19.3 Å². The summed E-state index contributed by atoms with van der Waals surface area (Å²) >= 11 is 0. The number of likely N-dealkylation sites (tertiary alicyclic amines) is 1. The van der Waals surface area contributed by atoms with E-state index in [2.05, 4.69) is 27.6 Å². The second kappa shape index (κ2) is 12.3. The third kappa shape index (κ3) is 7.07. The van der Waals surface area contributed by atoms with Crippen LogP contribution in [0.2, 0.25) is 0 Å². The number of nitrogens with zero attached hydrogens (tertiary/aromatic N) is 4. The average Bonchev–Trinajstić information content (AvgIpc) is 3.62. The summed E-state index contributed by atoms with van der Waals surface area (Å²) in [6.07, 6.45) is 6.53. The van der Waals surface area contributed by atoms with Crippen molar-refractivity contribution in [1.82, 2.24) is 19.9 Å². The van der Waals surface area contributed by atoms with E-state index in [9.17, 15) is 14.0 Å². The van der Waals surface area contributed by atoms with Gasteiger partial charge in [-0.3, -0.25) is 9.59 Å². The molecule has 200 valence electrons. The van der Waals surface area contributed by atoms with Crippen molar-refractivity contribution in [2.24, 2.45) is 5.92 Å². The number of rotatable bonds is 10. The number of carbonyl (C=O) groups is 2. The van der Waals surface area contributed by atoms with Crippen molar-refractivity contribution in [2.75, 3.05) is 11.9 Å². The molecule has 1 aliphatic heterocycles. The number of carbonyl (C=O) groups excluding carboxylic acids is 2. The van der Waals surface area contributed by atoms with Gasteiger partial charge in [-0.25, -0.2) is 4.39 Å². The van der Waals surface area contributed by atoms with Gasteiger partial charge in [0.2, 0.25) is 11.8 Å². The van der Waals surface area contributed by atoms with Crippen LogP contribution in [0.3, 0.4) is 0 Å². The smallest absolute Gasteiger partial charge is 0.247 e. The molecule has 0 radical (unpaired) electrons. The number of amides is 2. The van der Waals surface area contributed by atoms with Crippen LogP contribution in [0.25, 0.3) is 0 Å². The van der Waals surface area contributed by atoms with Crippen molar-refractivity contribution < 1.29 is 18.7 Å². The first kappa shape index (κ1) is 26.1. The predicted molar refractivity (Wildman–Crippen MR) is 145 cm³/mol. The van der Waals surface area contributed by atoms with Gasteiger partial charge < -0.3 is 15.0 Å². The number of aryl methyl sites for hydroxylation is 1. The first-order valence-electron chi connectivity index (χ1n) is 13.1. The summed E-state index contributed by atoms with van der Waals surface area (Å²) in [5.74, 6) is 0.555. The molecule has 4 aromatic rings. The van der Waals surface area contributed by atoms with Gasteiger partial charge in [0, 0.05) is 12.2 Å². The maximum Gasteiger partial charge on any atom is 0.247 e. The van der Waals surface area contributed by atoms with E-state index < -0.39 is 6.04 Å². The molecule has 2 atom stereocenters. The van der Waals surface area contributed by atoms with E-state index in [1.165, 1.54) is 34.9 Å². The summed E-state index contributed by atoms with van der Waals surface area (Å²) in [5.41, 5.74) is 1.88. The van der Waals surface area contributed by atoms with E-state index in [1.807, 2.05) is 18.2 Å². The molecule has 1 aromatic heterocycles. The zero-order valence-corrected chi connectivity index (χ0v) is 21.4. The standard InChI is InChI=1S/C30H30FN5O3/c31-24-9-13-26(14-10-24)39-27-15-11-25(12-16-27)34-30(38)28-19-23(8-4-7-22-5-2-1-3-6-22)20-35(28)29(37)21-36-32-17-18-33-36/h1-3,5-6,9-18,23,28H,4,7-8,19-21H2,(H,34,38). The lowest BCUT2D eigenvalue weighted by molar-refractivity contribution is -0.137. The molecule has 0 aliphatic carbocycles. The maximum atomic E-state index is 13.4. The van der Waals surface area contributed by atoms with Gasteiger partial charge in [0.05, 0.1) is 12.4 Å². The van der Waals surface area contributed by atoms with Crippen molar-refractivity contribution in [3.05, 3.63) is 103 Å². The summed E-state index contributed by atoms with van der Waals surface area (Å²) in [5, 5.41) is 11.0. The molecule has 3 aromatic carbocycles. The fourth-order valence-electron chi connectivity index (χ4n) is 4.90. The van der Waals surface area contributed by atoms with Crippen LogP contribution >= 0.6 is 0 Å². The molecule has 2 heterocycles. The molecular formula is C30H30FN5O3. The molecule has 39 heavy (non-hydrogen) atoms. The normalized spacial score (nSPS) is 16.7. The van der Waals surface area contributed by atoms with Crippen molar-refractivity contribution in [1.29, 1.82) is 0 Å². The molecule has 1 N–H and O–H groups in total. The highest BCUT2D eigenvalue weighted by molar-refractivity contribution is 5.97. The van der Waals surface area contributed by atoms with Crippen molar-refractivity contribution in [2.45, 2.75) is 38.3 Å². The highest BCUT2D eigenvalue weighted by Crippen LogP contribution is 2.29. The minimum atomic E-state index is -0.579. The number of anilines is 1. The zero-order chi connectivity index (χ0) is 27.0. The Balaban J connectivity index is 1.21. The molecule has 2 unspecified atom stereocenters. The molecule has 1 aliphatic rings. The van der Waals surface area contributed by atoms with Gasteiger partial charge in [0.25, 0.3) is 0 Å². The Bertz CT molecular complexity index is 1360. The summed E-state index contributed by atoms with van der Waals surface area (Å²) in [4.78, 5) is 29.5. The highest BCUT2D eigenvalue weighted by atomic mass is 19.1. The van der Waals surface area contributed by atoms with Crippen LogP contribution in [0.1, 0.15) is 24.8 Å². The highest BCUT2D eigenvalue weighted by Gasteiger charge is 2.39. The lowest BCUT2D eigenvalue weighted by atomic mass is 9.97. The van der Waals surface area contributed by atoms with Crippen LogP contribution in [0.15, 0.2) is 91.3 Å². The maximum absolute atomic E-state index is 13.4.